The highest BCUT2D eigenvalue weighted by Crippen LogP contribution is 2.22. The summed E-state index contributed by atoms with van der Waals surface area (Å²) in [6, 6.07) is 5.61. The third-order valence-corrected chi connectivity index (χ3v) is 3.57. The SMILES string of the molecule is Cc1ccc(NC(=O)CN2C[C@@H](C)O[C@@H](C)C2)c(Cl)c1. The fraction of sp³-hybridized carbons (Fsp3) is 0.533. The lowest BCUT2D eigenvalue weighted by atomic mass is 10.2. The molecule has 4 nitrogen and oxygen atoms in total. The zero-order valence-corrected chi connectivity index (χ0v) is 12.9. The van der Waals surface area contributed by atoms with Crippen LogP contribution >= 0.6 is 11.6 Å². The van der Waals surface area contributed by atoms with Gasteiger partial charge in [-0.3, -0.25) is 9.69 Å². The van der Waals surface area contributed by atoms with E-state index in [1.54, 1.807) is 0 Å². The van der Waals surface area contributed by atoms with Gasteiger partial charge in [-0.15, -0.1) is 0 Å². The standard InChI is InChI=1S/C15H21ClN2O2/c1-10-4-5-14(13(16)6-10)17-15(19)9-18-7-11(2)20-12(3)8-18/h4-6,11-12H,7-9H2,1-3H3,(H,17,19)/t11-,12+. The Kier molecular flexibility index (Phi) is 5.02. The summed E-state index contributed by atoms with van der Waals surface area (Å²) in [7, 11) is 0. The van der Waals surface area contributed by atoms with Crippen molar-refractivity contribution < 1.29 is 9.53 Å². The Morgan fingerprint density at radius 1 is 1.40 bits per heavy atom. The number of carbonyl (C=O) groups is 1. The second-order valence-corrected chi connectivity index (χ2v) is 5.89. The topological polar surface area (TPSA) is 41.6 Å². The maximum atomic E-state index is 12.1. The highest BCUT2D eigenvalue weighted by molar-refractivity contribution is 6.33. The second kappa shape index (κ2) is 6.57. The van der Waals surface area contributed by atoms with Crippen molar-refractivity contribution in [1.29, 1.82) is 0 Å². The Hall–Kier alpha value is -1.10. The van der Waals surface area contributed by atoms with Crippen LogP contribution in [0.15, 0.2) is 18.2 Å². The number of nitrogens with zero attached hydrogens (tertiary/aromatic N) is 1. The summed E-state index contributed by atoms with van der Waals surface area (Å²) in [5.41, 5.74) is 1.74. The Morgan fingerprint density at radius 3 is 2.65 bits per heavy atom. The minimum atomic E-state index is -0.0444. The summed E-state index contributed by atoms with van der Waals surface area (Å²) in [4.78, 5) is 14.2. The molecule has 0 saturated carbocycles. The number of morpholine rings is 1. The van der Waals surface area contributed by atoms with Crippen molar-refractivity contribution in [3.05, 3.63) is 28.8 Å². The smallest absolute Gasteiger partial charge is 0.238 e. The van der Waals surface area contributed by atoms with Crippen LogP contribution in [-0.2, 0) is 9.53 Å². The van der Waals surface area contributed by atoms with Crippen molar-refractivity contribution in [3.63, 3.8) is 0 Å². The van der Waals surface area contributed by atoms with Crippen molar-refractivity contribution in [2.75, 3.05) is 25.0 Å². The van der Waals surface area contributed by atoms with E-state index in [9.17, 15) is 4.79 Å². The van der Waals surface area contributed by atoms with E-state index in [1.807, 2.05) is 39.0 Å². The van der Waals surface area contributed by atoms with Gasteiger partial charge in [-0.1, -0.05) is 17.7 Å². The number of rotatable bonds is 3. The van der Waals surface area contributed by atoms with Crippen molar-refractivity contribution in [1.82, 2.24) is 4.90 Å². The number of amides is 1. The summed E-state index contributed by atoms with van der Waals surface area (Å²) in [5.74, 6) is -0.0444. The van der Waals surface area contributed by atoms with Gasteiger partial charge in [0.25, 0.3) is 0 Å². The van der Waals surface area contributed by atoms with Crippen molar-refractivity contribution in [2.24, 2.45) is 0 Å². The summed E-state index contributed by atoms with van der Waals surface area (Å²) in [5, 5.41) is 3.43. The van der Waals surface area contributed by atoms with E-state index in [2.05, 4.69) is 10.2 Å². The van der Waals surface area contributed by atoms with Gasteiger partial charge in [0.2, 0.25) is 5.91 Å². The Labute approximate surface area is 125 Å². The minimum Gasteiger partial charge on any atom is -0.373 e. The molecule has 0 aromatic heterocycles. The molecule has 1 amide bonds. The lowest BCUT2D eigenvalue weighted by Crippen LogP contribution is -2.48. The zero-order chi connectivity index (χ0) is 14.7. The van der Waals surface area contributed by atoms with Gasteiger partial charge in [0.15, 0.2) is 0 Å². The predicted molar refractivity (Wildman–Crippen MR) is 81.3 cm³/mol. The van der Waals surface area contributed by atoms with Crippen LogP contribution in [0.3, 0.4) is 0 Å². The molecule has 20 heavy (non-hydrogen) atoms. The van der Waals surface area contributed by atoms with Gasteiger partial charge in [-0.25, -0.2) is 0 Å². The molecule has 2 atom stereocenters. The van der Waals surface area contributed by atoms with Crippen LogP contribution in [0.5, 0.6) is 0 Å². The minimum absolute atomic E-state index is 0.0444. The Morgan fingerprint density at radius 2 is 2.05 bits per heavy atom. The number of hydrogen-bond donors (Lipinski definition) is 1. The van der Waals surface area contributed by atoms with E-state index in [1.165, 1.54) is 0 Å². The molecular formula is C15H21ClN2O2. The number of hydrogen-bond acceptors (Lipinski definition) is 3. The molecule has 1 fully saturated rings. The Balaban J connectivity index is 1.92. The van der Waals surface area contributed by atoms with Gasteiger partial charge in [0, 0.05) is 13.1 Å². The molecule has 1 aromatic rings. The number of aryl methyl sites for hydroxylation is 1. The maximum Gasteiger partial charge on any atom is 0.238 e. The summed E-state index contributed by atoms with van der Waals surface area (Å²) >= 11 is 6.11. The van der Waals surface area contributed by atoms with Crippen LogP contribution in [0.1, 0.15) is 19.4 Å². The first-order valence-corrected chi connectivity index (χ1v) is 7.25. The molecule has 5 heteroatoms. The van der Waals surface area contributed by atoms with E-state index in [0.717, 1.165) is 18.7 Å². The van der Waals surface area contributed by atoms with Gasteiger partial charge in [-0.2, -0.15) is 0 Å². The van der Waals surface area contributed by atoms with Crippen LogP contribution < -0.4 is 5.32 Å². The molecule has 0 aliphatic carbocycles. The number of benzene rings is 1. The average molecular weight is 297 g/mol. The van der Waals surface area contributed by atoms with E-state index >= 15 is 0 Å². The summed E-state index contributed by atoms with van der Waals surface area (Å²) < 4.78 is 5.65. The van der Waals surface area contributed by atoms with Crippen molar-refractivity contribution >= 4 is 23.2 Å². The highest BCUT2D eigenvalue weighted by Gasteiger charge is 2.23. The first-order valence-electron chi connectivity index (χ1n) is 6.88. The fourth-order valence-corrected chi connectivity index (χ4v) is 2.81. The van der Waals surface area contributed by atoms with Gasteiger partial charge >= 0.3 is 0 Å². The second-order valence-electron chi connectivity index (χ2n) is 5.48. The molecule has 2 rings (SSSR count). The van der Waals surface area contributed by atoms with Gasteiger partial charge in [0.1, 0.15) is 0 Å². The third kappa shape index (κ3) is 4.20. The summed E-state index contributed by atoms with van der Waals surface area (Å²) in [6.45, 7) is 7.93. The molecule has 0 spiro atoms. The Bertz CT molecular complexity index is 483. The molecule has 0 bridgehead atoms. The molecule has 1 N–H and O–H groups in total. The van der Waals surface area contributed by atoms with Gasteiger partial charge < -0.3 is 10.1 Å². The molecule has 1 heterocycles. The quantitative estimate of drug-likeness (QED) is 0.932. The van der Waals surface area contributed by atoms with E-state index in [4.69, 9.17) is 16.3 Å². The third-order valence-electron chi connectivity index (χ3n) is 3.26. The lowest BCUT2D eigenvalue weighted by Gasteiger charge is -2.34. The van der Waals surface area contributed by atoms with Crippen molar-refractivity contribution in [2.45, 2.75) is 33.0 Å². The predicted octanol–water partition coefficient (Wildman–Crippen LogP) is 2.70. The molecule has 1 aromatic carbocycles. The molecule has 110 valence electrons. The molecule has 0 unspecified atom stereocenters. The van der Waals surface area contributed by atoms with E-state index in [0.29, 0.717) is 17.3 Å². The number of anilines is 1. The van der Waals surface area contributed by atoms with E-state index < -0.39 is 0 Å². The van der Waals surface area contributed by atoms with Crippen LogP contribution in [0.2, 0.25) is 5.02 Å². The highest BCUT2D eigenvalue weighted by atomic mass is 35.5. The first kappa shape index (κ1) is 15.3. The maximum absolute atomic E-state index is 12.1. The molecule has 1 aliphatic rings. The lowest BCUT2D eigenvalue weighted by molar-refractivity contribution is -0.121. The van der Waals surface area contributed by atoms with Crippen LogP contribution in [0, 0.1) is 6.92 Å². The molecule has 0 radical (unpaired) electrons. The molecule has 1 aliphatic heterocycles. The molecular weight excluding hydrogens is 276 g/mol. The number of carbonyl (C=O) groups excluding carboxylic acids is 1. The average Bonchev–Trinajstić information content (AvgIpc) is 2.31. The summed E-state index contributed by atoms with van der Waals surface area (Å²) in [6.07, 6.45) is 0.323. The zero-order valence-electron chi connectivity index (χ0n) is 12.1. The van der Waals surface area contributed by atoms with Gasteiger partial charge in [0.05, 0.1) is 29.5 Å². The molecule has 1 saturated heterocycles. The number of nitrogens with one attached hydrogen (secondary N) is 1. The largest absolute Gasteiger partial charge is 0.373 e. The van der Waals surface area contributed by atoms with Crippen LogP contribution in [-0.4, -0.2) is 42.6 Å². The monoisotopic (exact) mass is 296 g/mol. The fourth-order valence-electron chi connectivity index (χ4n) is 2.53. The van der Waals surface area contributed by atoms with Gasteiger partial charge in [-0.05, 0) is 38.5 Å². The number of ether oxygens (including phenoxy) is 1. The normalized spacial score (nSPS) is 23.6. The van der Waals surface area contributed by atoms with Crippen molar-refractivity contribution in [3.8, 4) is 0 Å². The number of halogens is 1. The van der Waals surface area contributed by atoms with Crippen LogP contribution in [0.25, 0.3) is 0 Å². The van der Waals surface area contributed by atoms with Crippen LogP contribution in [0.4, 0.5) is 5.69 Å². The first-order chi connectivity index (χ1) is 9.44. The van der Waals surface area contributed by atoms with E-state index in [-0.39, 0.29) is 18.1 Å².